The van der Waals surface area contributed by atoms with Gasteiger partial charge in [0.25, 0.3) is 0 Å². The summed E-state index contributed by atoms with van der Waals surface area (Å²) >= 11 is 0. The highest BCUT2D eigenvalue weighted by Gasteiger charge is 2.28. The van der Waals surface area contributed by atoms with Crippen molar-refractivity contribution >= 4 is 11.6 Å². The molecule has 4 nitrogen and oxygen atoms in total. The molecule has 1 fully saturated rings. The van der Waals surface area contributed by atoms with Gasteiger partial charge in [-0.25, -0.2) is 0 Å². The standard InChI is InChI=1S/C26H35N3O/c1-3-14-28-15-17-29(18-16-28)23-13-12-22-10-7-11-25(24(22)20-23)27(2)26(30)19-21-8-5-4-6-9-21/h4-6,8-9,12-13,20,25H,3,7,10-11,14-19H2,1-2H3. The zero-order valence-corrected chi connectivity index (χ0v) is 18.5. The predicted molar refractivity (Wildman–Crippen MR) is 124 cm³/mol. The zero-order valence-electron chi connectivity index (χ0n) is 18.5. The van der Waals surface area contributed by atoms with E-state index in [0.717, 1.165) is 51.0 Å². The third kappa shape index (κ3) is 4.70. The number of rotatable bonds is 6. The number of likely N-dealkylation sites (N-methyl/N-ethyl adjacent to an activating group) is 1. The Hall–Kier alpha value is -2.33. The molecule has 30 heavy (non-hydrogen) atoms. The Morgan fingerprint density at radius 2 is 1.83 bits per heavy atom. The second-order valence-corrected chi connectivity index (χ2v) is 8.79. The maximum Gasteiger partial charge on any atom is 0.227 e. The maximum absolute atomic E-state index is 13.0. The van der Waals surface area contributed by atoms with Crippen LogP contribution in [0.4, 0.5) is 5.69 Å². The van der Waals surface area contributed by atoms with Crippen LogP contribution in [0.5, 0.6) is 0 Å². The van der Waals surface area contributed by atoms with Crippen LogP contribution in [0, 0.1) is 0 Å². The van der Waals surface area contributed by atoms with Crippen LogP contribution in [0.25, 0.3) is 0 Å². The Bertz CT molecular complexity index is 843. The SMILES string of the molecule is CCCN1CCN(c2ccc3c(c2)C(N(C)C(=O)Cc2ccccc2)CCC3)CC1. The van der Waals surface area contributed by atoms with Crippen LogP contribution in [0.15, 0.2) is 48.5 Å². The monoisotopic (exact) mass is 405 g/mol. The molecule has 2 aromatic carbocycles. The van der Waals surface area contributed by atoms with Crippen LogP contribution in [0.3, 0.4) is 0 Å². The molecule has 1 aliphatic heterocycles. The highest BCUT2D eigenvalue weighted by atomic mass is 16.2. The summed E-state index contributed by atoms with van der Waals surface area (Å²) in [5.74, 6) is 0.206. The van der Waals surface area contributed by atoms with E-state index in [1.54, 1.807) is 0 Å². The van der Waals surface area contributed by atoms with Crippen LogP contribution in [-0.4, -0.2) is 55.5 Å². The fourth-order valence-corrected chi connectivity index (χ4v) is 4.98. The van der Waals surface area contributed by atoms with Crippen LogP contribution in [-0.2, 0) is 17.6 Å². The minimum atomic E-state index is 0.186. The molecule has 0 spiro atoms. The summed E-state index contributed by atoms with van der Waals surface area (Å²) < 4.78 is 0. The molecule has 0 saturated carbocycles. The van der Waals surface area contributed by atoms with Crippen molar-refractivity contribution in [3.8, 4) is 0 Å². The largest absolute Gasteiger partial charge is 0.369 e. The molecule has 160 valence electrons. The van der Waals surface area contributed by atoms with E-state index >= 15 is 0 Å². The van der Waals surface area contributed by atoms with E-state index in [1.165, 1.54) is 29.8 Å². The number of piperazine rings is 1. The molecule has 0 bridgehead atoms. The van der Waals surface area contributed by atoms with Crippen molar-refractivity contribution < 1.29 is 4.79 Å². The predicted octanol–water partition coefficient (Wildman–Crippen LogP) is 4.30. The van der Waals surface area contributed by atoms with E-state index in [9.17, 15) is 4.79 Å². The first-order valence-corrected chi connectivity index (χ1v) is 11.6. The minimum absolute atomic E-state index is 0.186. The lowest BCUT2D eigenvalue weighted by atomic mass is 9.86. The molecular formula is C26H35N3O. The molecule has 2 aromatic rings. The second-order valence-electron chi connectivity index (χ2n) is 8.79. The molecule has 1 aliphatic carbocycles. The number of aryl methyl sites for hydroxylation is 1. The Morgan fingerprint density at radius 3 is 2.57 bits per heavy atom. The lowest BCUT2D eigenvalue weighted by molar-refractivity contribution is -0.131. The third-order valence-electron chi connectivity index (χ3n) is 6.75. The summed E-state index contributed by atoms with van der Waals surface area (Å²) in [5.41, 5.74) is 5.18. The van der Waals surface area contributed by atoms with Gasteiger partial charge in [-0.2, -0.15) is 0 Å². The van der Waals surface area contributed by atoms with E-state index in [2.05, 4.69) is 34.9 Å². The Balaban J connectivity index is 1.48. The number of fused-ring (bicyclic) bond motifs is 1. The van der Waals surface area contributed by atoms with Gasteiger partial charge in [0, 0.05) is 38.9 Å². The Morgan fingerprint density at radius 1 is 1.07 bits per heavy atom. The number of nitrogens with zero attached hydrogens (tertiary/aromatic N) is 3. The summed E-state index contributed by atoms with van der Waals surface area (Å²) in [6, 6.07) is 17.3. The first kappa shape index (κ1) is 20.9. The molecule has 0 N–H and O–H groups in total. The summed E-state index contributed by atoms with van der Waals surface area (Å²) in [6.45, 7) is 7.92. The minimum Gasteiger partial charge on any atom is -0.369 e. The number of benzene rings is 2. The van der Waals surface area contributed by atoms with E-state index in [4.69, 9.17) is 0 Å². The number of hydrogen-bond donors (Lipinski definition) is 0. The molecule has 4 heteroatoms. The van der Waals surface area contributed by atoms with Crippen LogP contribution in [0.2, 0.25) is 0 Å². The first-order chi connectivity index (χ1) is 14.7. The van der Waals surface area contributed by atoms with Crippen molar-refractivity contribution in [1.29, 1.82) is 0 Å². The van der Waals surface area contributed by atoms with Gasteiger partial charge in [0.05, 0.1) is 12.5 Å². The van der Waals surface area contributed by atoms with Gasteiger partial charge in [0.2, 0.25) is 5.91 Å². The van der Waals surface area contributed by atoms with Gasteiger partial charge in [-0.15, -0.1) is 0 Å². The average Bonchev–Trinajstić information content (AvgIpc) is 2.79. The topological polar surface area (TPSA) is 26.8 Å². The molecule has 1 heterocycles. The average molecular weight is 406 g/mol. The molecule has 0 aromatic heterocycles. The molecule has 1 saturated heterocycles. The lowest BCUT2D eigenvalue weighted by Gasteiger charge is -2.38. The van der Waals surface area contributed by atoms with Crippen molar-refractivity contribution in [3.63, 3.8) is 0 Å². The molecule has 1 atom stereocenters. The highest BCUT2D eigenvalue weighted by molar-refractivity contribution is 5.79. The molecule has 0 radical (unpaired) electrons. The van der Waals surface area contributed by atoms with Gasteiger partial charge in [0.15, 0.2) is 0 Å². The fourth-order valence-electron chi connectivity index (χ4n) is 4.98. The Kier molecular flexibility index (Phi) is 6.73. The summed E-state index contributed by atoms with van der Waals surface area (Å²) in [6.07, 6.45) is 5.02. The number of carbonyl (C=O) groups excluding carboxylic acids is 1. The van der Waals surface area contributed by atoms with Gasteiger partial charge < -0.3 is 9.80 Å². The van der Waals surface area contributed by atoms with E-state index in [0.29, 0.717) is 6.42 Å². The molecule has 1 unspecified atom stereocenters. The second kappa shape index (κ2) is 9.65. The number of amides is 1. The Labute approximate surface area is 181 Å². The van der Waals surface area contributed by atoms with Crippen molar-refractivity contribution in [3.05, 3.63) is 65.2 Å². The summed E-state index contributed by atoms with van der Waals surface area (Å²) in [5, 5.41) is 0. The smallest absolute Gasteiger partial charge is 0.227 e. The van der Waals surface area contributed by atoms with Gasteiger partial charge in [-0.05, 0) is 61.1 Å². The number of hydrogen-bond acceptors (Lipinski definition) is 3. The quantitative estimate of drug-likeness (QED) is 0.717. The summed E-state index contributed by atoms with van der Waals surface area (Å²) in [7, 11) is 1.99. The van der Waals surface area contributed by atoms with E-state index < -0.39 is 0 Å². The third-order valence-corrected chi connectivity index (χ3v) is 6.75. The molecule has 2 aliphatic rings. The van der Waals surface area contributed by atoms with Crippen molar-refractivity contribution in [2.75, 3.05) is 44.7 Å². The van der Waals surface area contributed by atoms with Gasteiger partial charge in [-0.3, -0.25) is 9.69 Å². The van der Waals surface area contributed by atoms with Crippen LogP contribution >= 0.6 is 0 Å². The van der Waals surface area contributed by atoms with Gasteiger partial charge >= 0.3 is 0 Å². The lowest BCUT2D eigenvalue weighted by Crippen LogP contribution is -2.46. The molecule has 4 rings (SSSR count). The fraction of sp³-hybridized carbons (Fsp3) is 0.500. The maximum atomic E-state index is 13.0. The summed E-state index contributed by atoms with van der Waals surface area (Å²) in [4.78, 5) is 20.1. The molecule has 1 amide bonds. The number of anilines is 1. The number of carbonyl (C=O) groups is 1. The van der Waals surface area contributed by atoms with E-state index in [-0.39, 0.29) is 11.9 Å². The van der Waals surface area contributed by atoms with Crippen molar-refractivity contribution in [2.24, 2.45) is 0 Å². The van der Waals surface area contributed by atoms with Gasteiger partial charge in [-0.1, -0.05) is 43.3 Å². The normalized spacial score (nSPS) is 19.4. The van der Waals surface area contributed by atoms with Gasteiger partial charge in [0.1, 0.15) is 0 Å². The van der Waals surface area contributed by atoms with E-state index in [1.807, 2.05) is 42.3 Å². The van der Waals surface area contributed by atoms with Crippen LogP contribution in [0.1, 0.15) is 48.9 Å². The van der Waals surface area contributed by atoms with Crippen LogP contribution < -0.4 is 4.90 Å². The van der Waals surface area contributed by atoms with Crippen molar-refractivity contribution in [1.82, 2.24) is 9.80 Å². The first-order valence-electron chi connectivity index (χ1n) is 11.6. The molecular weight excluding hydrogens is 370 g/mol. The zero-order chi connectivity index (χ0) is 20.9. The highest BCUT2D eigenvalue weighted by Crippen LogP contribution is 2.36. The van der Waals surface area contributed by atoms with Crippen molar-refractivity contribution in [2.45, 2.75) is 45.1 Å².